The van der Waals surface area contributed by atoms with E-state index in [2.05, 4.69) is 10.3 Å². The molecule has 0 aromatic heterocycles. The van der Waals surface area contributed by atoms with Crippen molar-refractivity contribution in [2.75, 3.05) is 39.2 Å². The van der Waals surface area contributed by atoms with Crippen LogP contribution >= 0.6 is 0 Å². The first-order valence-electron chi connectivity index (χ1n) is 8.71. The molecule has 2 rings (SSSR count). The van der Waals surface area contributed by atoms with Gasteiger partial charge in [-0.15, -0.1) is 0 Å². The van der Waals surface area contributed by atoms with Gasteiger partial charge in [-0.1, -0.05) is 6.42 Å². The second kappa shape index (κ2) is 9.76. The Morgan fingerprint density at radius 2 is 2.04 bits per heavy atom. The second-order valence-electron chi connectivity index (χ2n) is 6.01. The van der Waals surface area contributed by atoms with E-state index < -0.39 is 0 Å². The van der Waals surface area contributed by atoms with Crippen LogP contribution in [-0.4, -0.2) is 50.6 Å². The van der Waals surface area contributed by atoms with Crippen LogP contribution in [0.3, 0.4) is 0 Å². The smallest absolute Gasteiger partial charge is 0.222 e. The van der Waals surface area contributed by atoms with Gasteiger partial charge in [0.05, 0.1) is 14.2 Å². The Hall–Kier alpha value is -2.44. The predicted octanol–water partition coefficient (Wildman–Crippen LogP) is 2.22. The van der Waals surface area contributed by atoms with E-state index >= 15 is 0 Å². The molecule has 0 spiro atoms. The maximum Gasteiger partial charge on any atom is 0.222 e. The lowest BCUT2D eigenvalue weighted by atomic mass is 10.2. The highest BCUT2D eigenvalue weighted by atomic mass is 16.5. The van der Waals surface area contributed by atoms with E-state index in [1.165, 1.54) is 0 Å². The lowest BCUT2D eigenvalue weighted by molar-refractivity contribution is -0.130. The van der Waals surface area contributed by atoms with Gasteiger partial charge in [0.2, 0.25) is 5.91 Å². The summed E-state index contributed by atoms with van der Waals surface area (Å²) in [6, 6.07) is 5.45. The van der Waals surface area contributed by atoms with E-state index in [1.54, 1.807) is 26.4 Å². The van der Waals surface area contributed by atoms with Gasteiger partial charge in [0.25, 0.3) is 0 Å². The van der Waals surface area contributed by atoms with Gasteiger partial charge in [0.1, 0.15) is 0 Å². The molecular formula is C18H28N4O3. The largest absolute Gasteiger partial charge is 0.493 e. The van der Waals surface area contributed by atoms with Gasteiger partial charge in [0, 0.05) is 37.8 Å². The summed E-state index contributed by atoms with van der Waals surface area (Å²) < 4.78 is 10.5. The van der Waals surface area contributed by atoms with Gasteiger partial charge in [-0.05, 0) is 31.4 Å². The molecule has 7 nitrogen and oxygen atoms in total. The minimum absolute atomic E-state index is 0.262. The molecule has 1 amide bonds. The first-order chi connectivity index (χ1) is 12.1. The number of aliphatic imine (C=N–C) groups is 1. The van der Waals surface area contributed by atoms with Crippen LogP contribution in [0.1, 0.15) is 32.1 Å². The third-order valence-corrected chi connectivity index (χ3v) is 4.20. The standard InChI is InChI=1S/C18H28N4O3/c1-24-15-9-8-14(13-16(15)25-2)21-18(19)20-10-6-12-22-11-5-3-4-7-17(22)23/h8-9,13H,3-7,10-12H2,1-2H3,(H3,19,20,21). The summed E-state index contributed by atoms with van der Waals surface area (Å²) >= 11 is 0. The Bertz CT molecular complexity index is 604. The Kier molecular flexibility index (Phi) is 7.37. The fourth-order valence-corrected chi connectivity index (χ4v) is 2.84. The number of amides is 1. The summed E-state index contributed by atoms with van der Waals surface area (Å²) in [7, 11) is 3.18. The lowest BCUT2D eigenvalue weighted by Gasteiger charge is -2.19. The zero-order valence-electron chi connectivity index (χ0n) is 15.1. The number of nitrogens with one attached hydrogen (secondary N) is 1. The highest BCUT2D eigenvalue weighted by Gasteiger charge is 2.15. The van der Waals surface area contributed by atoms with Crippen molar-refractivity contribution in [1.29, 1.82) is 0 Å². The van der Waals surface area contributed by atoms with Crippen LogP contribution in [0.15, 0.2) is 23.2 Å². The molecule has 1 aliphatic heterocycles. The van der Waals surface area contributed by atoms with Crippen molar-refractivity contribution in [3.05, 3.63) is 18.2 Å². The molecule has 7 heteroatoms. The molecule has 25 heavy (non-hydrogen) atoms. The number of guanidine groups is 1. The van der Waals surface area contributed by atoms with E-state index in [0.717, 1.165) is 44.5 Å². The molecule has 3 N–H and O–H groups in total. The van der Waals surface area contributed by atoms with E-state index in [1.807, 2.05) is 11.0 Å². The summed E-state index contributed by atoms with van der Waals surface area (Å²) in [5.41, 5.74) is 6.70. The zero-order valence-corrected chi connectivity index (χ0v) is 15.1. The van der Waals surface area contributed by atoms with Crippen LogP contribution in [0, 0.1) is 0 Å². The number of carbonyl (C=O) groups is 1. The van der Waals surface area contributed by atoms with Crippen molar-refractivity contribution in [3.63, 3.8) is 0 Å². The number of anilines is 1. The molecule has 1 aromatic carbocycles. The number of likely N-dealkylation sites (tertiary alicyclic amines) is 1. The molecule has 1 aromatic rings. The molecule has 0 aliphatic carbocycles. The van der Waals surface area contributed by atoms with E-state index in [0.29, 0.717) is 30.4 Å². The summed E-state index contributed by atoms with van der Waals surface area (Å²) in [5.74, 6) is 1.89. The Labute approximate surface area is 149 Å². The average Bonchev–Trinajstić information content (AvgIpc) is 2.83. The van der Waals surface area contributed by atoms with Crippen molar-refractivity contribution in [3.8, 4) is 11.5 Å². The number of rotatable bonds is 7. The second-order valence-corrected chi connectivity index (χ2v) is 6.01. The van der Waals surface area contributed by atoms with Crippen LogP contribution in [0.25, 0.3) is 0 Å². The fraction of sp³-hybridized carbons (Fsp3) is 0.556. The highest BCUT2D eigenvalue weighted by molar-refractivity contribution is 5.92. The van der Waals surface area contributed by atoms with Crippen LogP contribution in [0.5, 0.6) is 11.5 Å². The van der Waals surface area contributed by atoms with Gasteiger partial charge in [-0.3, -0.25) is 9.79 Å². The lowest BCUT2D eigenvalue weighted by Crippen LogP contribution is -2.31. The van der Waals surface area contributed by atoms with Crippen LogP contribution in [0.4, 0.5) is 5.69 Å². The first-order valence-corrected chi connectivity index (χ1v) is 8.71. The number of carbonyl (C=O) groups excluding carboxylic acids is 1. The number of hydrogen-bond acceptors (Lipinski definition) is 4. The summed E-state index contributed by atoms with van der Waals surface area (Å²) in [4.78, 5) is 18.2. The minimum Gasteiger partial charge on any atom is -0.493 e. The van der Waals surface area contributed by atoms with Crippen molar-refractivity contribution >= 4 is 17.6 Å². The molecule has 0 atom stereocenters. The van der Waals surface area contributed by atoms with Crippen molar-refractivity contribution < 1.29 is 14.3 Å². The number of benzene rings is 1. The predicted molar refractivity (Wildman–Crippen MR) is 99.3 cm³/mol. The number of ether oxygens (including phenoxy) is 2. The molecule has 0 radical (unpaired) electrons. The van der Waals surface area contributed by atoms with Gasteiger partial charge in [0.15, 0.2) is 17.5 Å². The molecule has 0 saturated carbocycles. The van der Waals surface area contributed by atoms with E-state index in [4.69, 9.17) is 15.2 Å². The van der Waals surface area contributed by atoms with Crippen LogP contribution < -0.4 is 20.5 Å². The van der Waals surface area contributed by atoms with Crippen LogP contribution in [-0.2, 0) is 4.79 Å². The molecule has 1 fully saturated rings. The number of nitrogens with two attached hydrogens (primary N) is 1. The monoisotopic (exact) mass is 348 g/mol. The SMILES string of the molecule is COc1ccc(NC(N)=NCCCN2CCCCCC2=O)cc1OC. The molecule has 1 heterocycles. The normalized spacial score (nSPS) is 15.7. The summed E-state index contributed by atoms with van der Waals surface area (Å²) in [6.45, 7) is 2.18. The minimum atomic E-state index is 0.262. The highest BCUT2D eigenvalue weighted by Crippen LogP contribution is 2.29. The van der Waals surface area contributed by atoms with Crippen molar-refractivity contribution in [2.24, 2.45) is 10.7 Å². The Balaban J connectivity index is 1.80. The summed E-state index contributed by atoms with van der Waals surface area (Å²) in [5, 5.41) is 3.04. The van der Waals surface area contributed by atoms with Gasteiger partial charge in [-0.2, -0.15) is 0 Å². The molecule has 1 saturated heterocycles. The molecule has 1 aliphatic rings. The molecule has 0 unspecified atom stereocenters. The first kappa shape index (κ1) is 18.9. The Morgan fingerprint density at radius 3 is 2.80 bits per heavy atom. The zero-order chi connectivity index (χ0) is 18.1. The van der Waals surface area contributed by atoms with Gasteiger partial charge >= 0.3 is 0 Å². The third-order valence-electron chi connectivity index (χ3n) is 4.20. The topological polar surface area (TPSA) is 89.2 Å². The van der Waals surface area contributed by atoms with E-state index in [-0.39, 0.29) is 5.91 Å². The van der Waals surface area contributed by atoms with Crippen molar-refractivity contribution in [1.82, 2.24) is 4.90 Å². The molecular weight excluding hydrogens is 320 g/mol. The molecule has 0 bridgehead atoms. The maximum absolute atomic E-state index is 11.9. The van der Waals surface area contributed by atoms with E-state index in [9.17, 15) is 4.79 Å². The maximum atomic E-state index is 11.9. The third kappa shape index (κ3) is 5.85. The van der Waals surface area contributed by atoms with Gasteiger partial charge < -0.3 is 25.4 Å². The number of hydrogen-bond donors (Lipinski definition) is 2. The Morgan fingerprint density at radius 1 is 1.24 bits per heavy atom. The summed E-state index contributed by atoms with van der Waals surface area (Å²) in [6.07, 6.45) is 4.72. The van der Waals surface area contributed by atoms with Crippen LogP contribution in [0.2, 0.25) is 0 Å². The quantitative estimate of drug-likeness (QED) is 0.448. The van der Waals surface area contributed by atoms with Crippen molar-refractivity contribution in [2.45, 2.75) is 32.1 Å². The fourth-order valence-electron chi connectivity index (χ4n) is 2.84. The van der Waals surface area contributed by atoms with Gasteiger partial charge in [-0.25, -0.2) is 0 Å². The average molecular weight is 348 g/mol. The number of methoxy groups -OCH3 is 2. The number of nitrogens with zero attached hydrogens (tertiary/aromatic N) is 2. The molecule has 138 valence electrons.